The second-order valence-corrected chi connectivity index (χ2v) is 5.01. The number of carbonyl (C=O) groups excluding carboxylic acids is 1. The minimum Gasteiger partial charge on any atom is -0.389 e. The molecule has 0 aromatic heterocycles. The topological polar surface area (TPSA) is 50.7 Å². The van der Waals surface area contributed by atoms with Crippen LogP contribution in [-0.4, -0.2) is 23.8 Å². The number of benzene rings is 1. The third kappa shape index (κ3) is 5.38. The van der Waals surface area contributed by atoms with Crippen molar-refractivity contribution in [1.82, 2.24) is 5.32 Å². The van der Waals surface area contributed by atoms with Crippen molar-refractivity contribution in [2.75, 3.05) is 6.54 Å². The van der Waals surface area contributed by atoms with Gasteiger partial charge in [0.1, 0.15) is 5.60 Å². The fourth-order valence-electron chi connectivity index (χ4n) is 1.25. The molecule has 0 bridgehead atoms. The SMILES string of the molecule is C=CCNC(=O)C(=NOC(C)(C)C)c1ccccc1. The van der Waals surface area contributed by atoms with Crippen LogP contribution in [0.15, 0.2) is 48.1 Å². The van der Waals surface area contributed by atoms with E-state index in [9.17, 15) is 4.79 Å². The fraction of sp³-hybridized carbons (Fsp3) is 0.333. The largest absolute Gasteiger partial charge is 0.389 e. The highest BCUT2D eigenvalue weighted by Gasteiger charge is 2.17. The first-order valence-electron chi connectivity index (χ1n) is 6.15. The highest BCUT2D eigenvalue weighted by molar-refractivity contribution is 6.45. The van der Waals surface area contributed by atoms with Gasteiger partial charge in [-0.3, -0.25) is 4.79 Å². The number of hydrogen-bond donors (Lipinski definition) is 1. The van der Waals surface area contributed by atoms with Gasteiger partial charge in [-0.15, -0.1) is 6.58 Å². The van der Waals surface area contributed by atoms with E-state index < -0.39 is 5.60 Å². The molecule has 0 aliphatic heterocycles. The van der Waals surface area contributed by atoms with Crippen LogP contribution in [0.3, 0.4) is 0 Å². The Bertz CT molecular complexity index is 459. The zero-order chi connectivity index (χ0) is 14.3. The molecule has 0 saturated carbocycles. The van der Waals surface area contributed by atoms with Crippen LogP contribution in [0.5, 0.6) is 0 Å². The number of hydrogen-bond acceptors (Lipinski definition) is 3. The molecule has 4 nitrogen and oxygen atoms in total. The number of carbonyl (C=O) groups is 1. The summed E-state index contributed by atoms with van der Waals surface area (Å²) in [6.45, 7) is 9.58. The lowest BCUT2D eigenvalue weighted by Gasteiger charge is -2.16. The number of rotatable bonds is 5. The summed E-state index contributed by atoms with van der Waals surface area (Å²) in [7, 11) is 0. The van der Waals surface area contributed by atoms with Gasteiger partial charge in [0.15, 0.2) is 5.71 Å². The van der Waals surface area contributed by atoms with Crippen LogP contribution in [0, 0.1) is 0 Å². The molecule has 4 heteroatoms. The lowest BCUT2D eigenvalue weighted by Crippen LogP contribution is -2.32. The molecule has 0 spiro atoms. The smallest absolute Gasteiger partial charge is 0.274 e. The summed E-state index contributed by atoms with van der Waals surface area (Å²) in [4.78, 5) is 17.4. The highest BCUT2D eigenvalue weighted by Crippen LogP contribution is 2.09. The van der Waals surface area contributed by atoms with Crippen molar-refractivity contribution < 1.29 is 9.63 Å². The molecule has 0 aliphatic rings. The van der Waals surface area contributed by atoms with Gasteiger partial charge < -0.3 is 10.2 Å². The Morgan fingerprint density at radius 1 is 1.37 bits per heavy atom. The van der Waals surface area contributed by atoms with Gasteiger partial charge in [0.25, 0.3) is 5.91 Å². The second-order valence-electron chi connectivity index (χ2n) is 5.01. The standard InChI is InChI=1S/C15H20N2O2/c1-5-11-16-14(18)13(17-19-15(2,3)4)12-9-7-6-8-10-12/h5-10H,1,11H2,2-4H3,(H,16,18). The average molecular weight is 260 g/mol. The van der Waals surface area contributed by atoms with Crippen molar-refractivity contribution in [3.63, 3.8) is 0 Å². The van der Waals surface area contributed by atoms with Crippen LogP contribution < -0.4 is 5.32 Å². The van der Waals surface area contributed by atoms with Crippen molar-refractivity contribution in [3.05, 3.63) is 48.6 Å². The molecule has 1 N–H and O–H groups in total. The lowest BCUT2D eigenvalue weighted by atomic mass is 10.1. The van der Waals surface area contributed by atoms with Gasteiger partial charge in [-0.25, -0.2) is 0 Å². The van der Waals surface area contributed by atoms with Crippen molar-refractivity contribution in [1.29, 1.82) is 0 Å². The quantitative estimate of drug-likeness (QED) is 0.502. The van der Waals surface area contributed by atoms with E-state index in [1.54, 1.807) is 6.08 Å². The van der Waals surface area contributed by atoms with Crippen LogP contribution in [0.4, 0.5) is 0 Å². The third-order valence-corrected chi connectivity index (χ3v) is 2.08. The zero-order valence-electron chi connectivity index (χ0n) is 11.6. The molecule has 0 fully saturated rings. The molecule has 0 saturated heterocycles. The minimum atomic E-state index is -0.446. The summed E-state index contributed by atoms with van der Waals surface area (Å²) < 4.78 is 0. The maximum atomic E-state index is 12.0. The van der Waals surface area contributed by atoms with E-state index in [0.29, 0.717) is 12.1 Å². The summed E-state index contributed by atoms with van der Waals surface area (Å²) in [6, 6.07) is 9.22. The molecule has 102 valence electrons. The molecule has 0 radical (unpaired) electrons. The number of amides is 1. The third-order valence-electron chi connectivity index (χ3n) is 2.08. The Balaban J connectivity index is 2.97. The van der Waals surface area contributed by atoms with Crippen molar-refractivity contribution >= 4 is 11.6 Å². The van der Waals surface area contributed by atoms with Gasteiger partial charge in [0, 0.05) is 12.1 Å². The minimum absolute atomic E-state index is 0.261. The molecule has 0 aliphatic carbocycles. The first-order valence-corrected chi connectivity index (χ1v) is 6.15. The maximum Gasteiger partial charge on any atom is 0.274 e. The zero-order valence-corrected chi connectivity index (χ0v) is 11.6. The van der Waals surface area contributed by atoms with Gasteiger partial charge >= 0.3 is 0 Å². The normalized spacial score (nSPS) is 11.8. The number of nitrogens with zero attached hydrogens (tertiary/aromatic N) is 1. The van der Waals surface area contributed by atoms with Gasteiger partial charge in [-0.05, 0) is 20.8 Å². The first-order chi connectivity index (χ1) is 8.94. The molecule has 1 rings (SSSR count). The van der Waals surface area contributed by atoms with Crippen molar-refractivity contribution in [3.8, 4) is 0 Å². The van der Waals surface area contributed by atoms with Gasteiger partial charge in [0.2, 0.25) is 0 Å². The van der Waals surface area contributed by atoms with Crippen LogP contribution in [0.25, 0.3) is 0 Å². The van der Waals surface area contributed by atoms with Gasteiger partial charge in [0.05, 0.1) is 0 Å². The van der Waals surface area contributed by atoms with E-state index >= 15 is 0 Å². The second kappa shape index (κ2) is 6.73. The first kappa shape index (κ1) is 15.0. The summed E-state index contributed by atoms with van der Waals surface area (Å²) in [5, 5.41) is 6.69. The maximum absolute atomic E-state index is 12.0. The number of nitrogens with one attached hydrogen (secondary N) is 1. The monoisotopic (exact) mass is 260 g/mol. The van der Waals surface area contributed by atoms with Crippen LogP contribution in [0.1, 0.15) is 26.3 Å². The molecule has 0 heterocycles. The van der Waals surface area contributed by atoms with Crippen LogP contribution >= 0.6 is 0 Å². The highest BCUT2D eigenvalue weighted by atomic mass is 16.6. The molecule has 0 unspecified atom stereocenters. The predicted octanol–water partition coefficient (Wildman–Crippen LogP) is 2.51. The van der Waals surface area contributed by atoms with Crippen LogP contribution in [0.2, 0.25) is 0 Å². The van der Waals surface area contributed by atoms with Crippen molar-refractivity contribution in [2.24, 2.45) is 5.16 Å². The van der Waals surface area contributed by atoms with Crippen LogP contribution in [-0.2, 0) is 9.63 Å². The number of oxime groups is 1. The Morgan fingerprint density at radius 3 is 2.53 bits per heavy atom. The Kier molecular flexibility index (Phi) is 5.30. The summed E-state index contributed by atoms with van der Waals surface area (Å²) in [5.41, 5.74) is 0.532. The van der Waals surface area contributed by atoms with E-state index in [-0.39, 0.29) is 11.6 Å². The summed E-state index contributed by atoms with van der Waals surface area (Å²) in [6.07, 6.45) is 1.62. The van der Waals surface area contributed by atoms with E-state index in [2.05, 4.69) is 17.1 Å². The van der Waals surface area contributed by atoms with Gasteiger partial charge in [-0.1, -0.05) is 41.6 Å². The molecule has 19 heavy (non-hydrogen) atoms. The lowest BCUT2D eigenvalue weighted by molar-refractivity contribution is -0.114. The van der Waals surface area contributed by atoms with E-state index in [4.69, 9.17) is 4.84 Å². The molecular weight excluding hydrogens is 240 g/mol. The molecular formula is C15H20N2O2. The van der Waals surface area contributed by atoms with E-state index in [0.717, 1.165) is 0 Å². The van der Waals surface area contributed by atoms with Crippen molar-refractivity contribution in [2.45, 2.75) is 26.4 Å². The Hall–Kier alpha value is -2.10. The molecule has 1 aromatic rings. The summed E-state index contributed by atoms with van der Waals surface area (Å²) >= 11 is 0. The Labute approximate surface area is 114 Å². The average Bonchev–Trinajstić information content (AvgIpc) is 2.36. The molecule has 1 amide bonds. The van der Waals surface area contributed by atoms with E-state index in [1.807, 2.05) is 51.1 Å². The van der Waals surface area contributed by atoms with E-state index in [1.165, 1.54) is 0 Å². The molecule has 1 aromatic carbocycles. The fourth-order valence-corrected chi connectivity index (χ4v) is 1.25. The molecule has 0 atom stereocenters. The predicted molar refractivity (Wildman–Crippen MR) is 77.0 cm³/mol. The summed E-state index contributed by atoms with van der Waals surface area (Å²) in [5.74, 6) is -0.282. The Morgan fingerprint density at radius 2 is 2.00 bits per heavy atom. The van der Waals surface area contributed by atoms with Gasteiger partial charge in [-0.2, -0.15) is 0 Å².